The summed E-state index contributed by atoms with van der Waals surface area (Å²) in [6, 6.07) is 8.91. The molecule has 0 atom stereocenters. The van der Waals surface area contributed by atoms with Gasteiger partial charge in [0, 0.05) is 10.0 Å². The molecule has 2 aromatic rings. The van der Waals surface area contributed by atoms with Crippen molar-refractivity contribution in [1.82, 2.24) is 5.43 Å². The Bertz CT molecular complexity index is 792. The molecule has 0 saturated carbocycles. The van der Waals surface area contributed by atoms with Crippen molar-refractivity contribution in [3.63, 3.8) is 0 Å². The standard InChI is InChI=1S/C17H16Br2N2O3/c1-10-4-3-5-16(11(10)2)24-9-17(23)21-20-8-12-6-15(22)14(19)7-13(12)18/h3-8,22H,9H2,1-2H3,(H,21,23). The number of aryl methyl sites for hydroxylation is 1. The third kappa shape index (κ3) is 4.82. The normalized spacial score (nSPS) is 10.8. The molecule has 0 radical (unpaired) electrons. The molecule has 2 aromatic carbocycles. The van der Waals surface area contributed by atoms with Gasteiger partial charge in [0.2, 0.25) is 0 Å². The first kappa shape index (κ1) is 18.5. The molecule has 0 bridgehead atoms. The fourth-order valence-electron chi connectivity index (χ4n) is 1.88. The first-order valence-corrected chi connectivity index (χ1v) is 8.66. The van der Waals surface area contributed by atoms with Crippen LogP contribution in [0.4, 0.5) is 0 Å². The minimum absolute atomic E-state index is 0.0873. The van der Waals surface area contributed by atoms with Gasteiger partial charge in [-0.15, -0.1) is 0 Å². The largest absolute Gasteiger partial charge is 0.507 e. The first-order valence-electron chi connectivity index (χ1n) is 7.07. The van der Waals surface area contributed by atoms with Gasteiger partial charge in [0.1, 0.15) is 11.5 Å². The second kappa shape index (κ2) is 8.30. The number of nitrogens with one attached hydrogen (secondary N) is 1. The van der Waals surface area contributed by atoms with E-state index in [0.29, 0.717) is 15.8 Å². The van der Waals surface area contributed by atoms with E-state index in [1.54, 1.807) is 6.07 Å². The summed E-state index contributed by atoms with van der Waals surface area (Å²) in [7, 11) is 0. The fourth-order valence-corrected chi connectivity index (χ4v) is 2.98. The van der Waals surface area contributed by atoms with Crippen molar-refractivity contribution in [3.8, 4) is 11.5 Å². The number of amides is 1. The fraction of sp³-hybridized carbons (Fsp3) is 0.176. The third-order valence-corrected chi connectivity index (χ3v) is 4.69. The van der Waals surface area contributed by atoms with Crippen molar-refractivity contribution >= 4 is 44.0 Å². The Kier molecular flexibility index (Phi) is 6.39. The molecule has 1 amide bonds. The average Bonchev–Trinajstić information content (AvgIpc) is 2.53. The Morgan fingerprint density at radius 2 is 2.04 bits per heavy atom. The third-order valence-electron chi connectivity index (χ3n) is 3.37. The number of hydrazone groups is 1. The SMILES string of the molecule is Cc1cccc(OCC(=O)NN=Cc2cc(O)c(Br)cc2Br)c1C. The van der Waals surface area contributed by atoms with Gasteiger partial charge in [0.25, 0.3) is 5.91 Å². The van der Waals surface area contributed by atoms with Gasteiger partial charge in [-0.25, -0.2) is 5.43 Å². The number of aromatic hydroxyl groups is 1. The van der Waals surface area contributed by atoms with Crippen molar-refractivity contribution in [3.05, 3.63) is 56.0 Å². The molecule has 0 aliphatic carbocycles. The number of ether oxygens (including phenoxy) is 1. The van der Waals surface area contributed by atoms with Crippen molar-refractivity contribution in [2.45, 2.75) is 13.8 Å². The number of carbonyl (C=O) groups is 1. The van der Waals surface area contributed by atoms with Crippen LogP contribution in [0.15, 0.2) is 44.4 Å². The number of rotatable bonds is 5. The van der Waals surface area contributed by atoms with E-state index in [2.05, 4.69) is 42.4 Å². The zero-order chi connectivity index (χ0) is 17.7. The topological polar surface area (TPSA) is 70.9 Å². The number of phenolic OH excluding ortho intramolecular Hbond substituents is 1. The van der Waals surface area contributed by atoms with Gasteiger partial charge >= 0.3 is 0 Å². The number of phenols is 1. The predicted octanol–water partition coefficient (Wildman–Crippen LogP) is 4.06. The lowest BCUT2D eigenvalue weighted by Crippen LogP contribution is -2.24. The van der Waals surface area contributed by atoms with E-state index in [1.807, 2.05) is 32.0 Å². The molecule has 0 aromatic heterocycles. The van der Waals surface area contributed by atoms with Crippen LogP contribution in [-0.4, -0.2) is 23.8 Å². The van der Waals surface area contributed by atoms with E-state index >= 15 is 0 Å². The maximum atomic E-state index is 11.8. The molecule has 2 rings (SSSR count). The molecule has 0 heterocycles. The van der Waals surface area contributed by atoms with Crippen molar-refractivity contribution < 1.29 is 14.6 Å². The molecule has 7 heteroatoms. The highest BCUT2D eigenvalue weighted by molar-refractivity contribution is 9.11. The summed E-state index contributed by atoms with van der Waals surface area (Å²) in [6.45, 7) is 3.80. The predicted molar refractivity (Wildman–Crippen MR) is 101 cm³/mol. The van der Waals surface area contributed by atoms with E-state index in [9.17, 15) is 9.90 Å². The second-order valence-corrected chi connectivity index (χ2v) is 6.81. The number of hydrogen-bond acceptors (Lipinski definition) is 4. The lowest BCUT2D eigenvalue weighted by molar-refractivity contribution is -0.123. The molecule has 0 fully saturated rings. The molecule has 126 valence electrons. The maximum Gasteiger partial charge on any atom is 0.277 e. The molecule has 0 aliphatic heterocycles. The summed E-state index contributed by atoms with van der Waals surface area (Å²) in [4.78, 5) is 11.8. The lowest BCUT2D eigenvalue weighted by Gasteiger charge is -2.09. The minimum atomic E-state index is -0.371. The Morgan fingerprint density at radius 3 is 2.79 bits per heavy atom. The van der Waals surface area contributed by atoms with Crippen LogP contribution < -0.4 is 10.2 Å². The van der Waals surface area contributed by atoms with Crippen LogP contribution in [0.25, 0.3) is 0 Å². The summed E-state index contributed by atoms with van der Waals surface area (Å²) in [6.07, 6.45) is 1.44. The number of benzene rings is 2. The highest BCUT2D eigenvalue weighted by Crippen LogP contribution is 2.29. The van der Waals surface area contributed by atoms with E-state index in [0.717, 1.165) is 15.6 Å². The van der Waals surface area contributed by atoms with Crippen LogP contribution in [0.2, 0.25) is 0 Å². The summed E-state index contributed by atoms with van der Waals surface area (Å²) in [5.74, 6) is 0.392. The second-order valence-electron chi connectivity index (χ2n) is 5.11. The van der Waals surface area contributed by atoms with Crippen LogP contribution in [0, 0.1) is 13.8 Å². The van der Waals surface area contributed by atoms with Crippen molar-refractivity contribution in [2.75, 3.05) is 6.61 Å². The number of halogens is 2. The van der Waals surface area contributed by atoms with Crippen LogP contribution >= 0.6 is 31.9 Å². The molecule has 0 unspecified atom stereocenters. The van der Waals surface area contributed by atoms with Gasteiger partial charge in [-0.3, -0.25) is 4.79 Å². The van der Waals surface area contributed by atoms with E-state index in [1.165, 1.54) is 12.3 Å². The number of carbonyl (C=O) groups excluding carboxylic acids is 1. The smallest absolute Gasteiger partial charge is 0.277 e. The van der Waals surface area contributed by atoms with Gasteiger partial charge < -0.3 is 9.84 Å². The zero-order valence-corrected chi connectivity index (χ0v) is 16.3. The molecule has 5 nitrogen and oxygen atoms in total. The maximum absolute atomic E-state index is 11.8. The van der Waals surface area contributed by atoms with E-state index in [4.69, 9.17) is 4.74 Å². The Labute approximate surface area is 157 Å². The summed E-state index contributed by atoms with van der Waals surface area (Å²) < 4.78 is 6.80. The van der Waals surface area contributed by atoms with Gasteiger partial charge in [-0.2, -0.15) is 5.10 Å². The Morgan fingerprint density at radius 1 is 1.29 bits per heavy atom. The van der Waals surface area contributed by atoms with Crippen molar-refractivity contribution in [1.29, 1.82) is 0 Å². The molecular formula is C17H16Br2N2O3. The molecule has 2 N–H and O–H groups in total. The minimum Gasteiger partial charge on any atom is -0.507 e. The quantitative estimate of drug-likeness (QED) is 0.527. The highest BCUT2D eigenvalue weighted by Gasteiger charge is 2.06. The lowest BCUT2D eigenvalue weighted by atomic mass is 10.1. The van der Waals surface area contributed by atoms with Crippen LogP contribution in [0.3, 0.4) is 0 Å². The average molecular weight is 456 g/mol. The number of hydrogen-bond donors (Lipinski definition) is 2. The van der Waals surface area contributed by atoms with Gasteiger partial charge in [-0.05, 0) is 59.1 Å². The molecule has 0 aliphatic rings. The highest BCUT2D eigenvalue weighted by atomic mass is 79.9. The Hall–Kier alpha value is -1.86. The van der Waals surface area contributed by atoms with Gasteiger partial charge in [0.15, 0.2) is 6.61 Å². The van der Waals surface area contributed by atoms with Crippen LogP contribution in [-0.2, 0) is 4.79 Å². The summed E-state index contributed by atoms with van der Waals surface area (Å²) in [5.41, 5.74) is 5.12. The van der Waals surface area contributed by atoms with Crippen LogP contribution in [0.1, 0.15) is 16.7 Å². The van der Waals surface area contributed by atoms with Crippen molar-refractivity contribution in [2.24, 2.45) is 5.10 Å². The zero-order valence-electron chi connectivity index (χ0n) is 13.1. The Balaban J connectivity index is 1.91. The van der Waals surface area contributed by atoms with Crippen LogP contribution in [0.5, 0.6) is 11.5 Å². The van der Waals surface area contributed by atoms with E-state index < -0.39 is 0 Å². The molecule has 0 spiro atoms. The van der Waals surface area contributed by atoms with Gasteiger partial charge in [-0.1, -0.05) is 28.1 Å². The molecule has 0 saturated heterocycles. The summed E-state index contributed by atoms with van der Waals surface area (Å²) in [5, 5.41) is 13.5. The molecular weight excluding hydrogens is 440 g/mol. The molecule has 24 heavy (non-hydrogen) atoms. The van der Waals surface area contributed by atoms with E-state index in [-0.39, 0.29) is 18.3 Å². The first-order chi connectivity index (χ1) is 11.4. The van der Waals surface area contributed by atoms with Gasteiger partial charge in [0.05, 0.1) is 10.7 Å². The monoisotopic (exact) mass is 454 g/mol. The summed E-state index contributed by atoms with van der Waals surface area (Å²) >= 11 is 6.57. The number of nitrogens with zero attached hydrogens (tertiary/aromatic N) is 1.